The predicted molar refractivity (Wildman–Crippen MR) is 50.7 cm³/mol. The van der Waals surface area contributed by atoms with E-state index in [4.69, 9.17) is 5.73 Å². The molecule has 1 aromatic heterocycles. The van der Waals surface area contributed by atoms with Gasteiger partial charge in [0, 0.05) is 18.6 Å². The van der Waals surface area contributed by atoms with E-state index in [0.29, 0.717) is 0 Å². The molecule has 0 aliphatic carbocycles. The first-order valence-electron chi connectivity index (χ1n) is 4.04. The maximum Gasteiger partial charge on any atom is 0.283 e. The quantitative estimate of drug-likeness (QED) is 0.668. The Kier molecular flexibility index (Phi) is 2.80. The summed E-state index contributed by atoms with van der Waals surface area (Å²) in [7, 11) is 0. The van der Waals surface area contributed by atoms with Gasteiger partial charge in [-0.1, -0.05) is 12.7 Å². The third-order valence-corrected chi connectivity index (χ3v) is 1.84. The van der Waals surface area contributed by atoms with Crippen LogP contribution in [0.5, 0.6) is 0 Å². The van der Waals surface area contributed by atoms with Crippen molar-refractivity contribution in [3.63, 3.8) is 0 Å². The standard InChI is InChI=1S/C10H12N2O/c1-3-9-5-4-8(2)12(6-9)7-10(11)13/h3-6H,1,7H2,2H3,(H-,11,13)/p+1. The van der Waals surface area contributed by atoms with Gasteiger partial charge in [-0.25, -0.2) is 0 Å². The number of carbonyl (C=O) groups is 1. The first-order valence-corrected chi connectivity index (χ1v) is 4.04. The Hall–Kier alpha value is -1.64. The molecule has 68 valence electrons. The summed E-state index contributed by atoms with van der Waals surface area (Å²) in [4.78, 5) is 10.7. The first-order chi connectivity index (χ1) is 6.13. The van der Waals surface area contributed by atoms with Gasteiger partial charge in [-0.05, 0) is 6.07 Å². The Labute approximate surface area is 77.5 Å². The number of amides is 1. The van der Waals surface area contributed by atoms with Crippen molar-refractivity contribution in [1.82, 2.24) is 0 Å². The summed E-state index contributed by atoms with van der Waals surface area (Å²) in [6.07, 6.45) is 3.59. The van der Waals surface area contributed by atoms with Gasteiger partial charge < -0.3 is 5.73 Å². The minimum Gasteiger partial charge on any atom is -0.364 e. The van der Waals surface area contributed by atoms with Gasteiger partial charge in [0.05, 0.1) is 0 Å². The van der Waals surface area contributed by atoms with Gasteiger partial charge in [0.15, 0.2) is 11.9 Å². The van der Waals surface area contributed by atoms with Crippen LogP contribution in [0.1, 0.15) is 11.3 Å². The number of hydrogen-bond acceptors (Lipinski definition) is 1. The Morgan fingerprint density at radius 1 is 1.69 bits per heavy atom. The lowest BCUT2D eigenvalue weighted by Crippen LogP contribution is -2.43. The van der Waals surface area contributed by atoms with E-state index in [-0.39, 0.29) is 12.5 Å². The fourth-order valence-electron chi connectivity index (χ4n) is 1.10. The molecule has 0 bridgehead atoms. The summed E-state index contributed by atoms with van der Waals surface area (Å²) in [5.74, 6) is -0.339. The third kappa shape index (κ3) is 2.40. The summed E-state index contributed by atoms with van der Waals surface area (Å²) in [5, 5.41) is 0. The zero-order valence-corrected chi connectivity index (χ0v) is 7.66. The lowest BCUT2D eigenvalue weighted by Gasteiger charge is -1.98. The highest BCUT2D eigenvalue weighted by Crippen LogP contribution is 1.98. The molecule has 0 atom stereocenters. The normalized spacial score (nSPS) is 9.62. The van der Waals surface area contributed by atoms with Crippen molar-refractivity contribution >= 4 is 12.0 Å². The van der Waals surface area contributed by atoms with Gasteiger partial charge in [0.2, 0.25) is 6.54 Å². The lowest BCUT2D eigenvalue weighted by molar-refractivity contribution is -0.690. The molecular formula is C10H13N2O+. The van der Waals surface area contributed by atoms with Gasteiger partial charge in [-0.15, -0.1) is 0 Å². The fourth-order valence-corrected chi connectivity index (χ4v) is 1.10. The molecule has 0 aromatic carbocycles. The number of nitrogens with zero attached hydrogens (tertiary/aromatic N) is 1. The second-order valence-corrected chi connectivity index (χ2v) is 2.90. The highest BCUT2D eigenvalue weighted by Gasteiger charge is 2.09. The number of carbonyl (C=O) groups excluding carboxylic acids is 1. The summed E-state index contributed by atoms with van der Waals surface area (Å²) < 4.78 is 1.80. The van der Waals surface area contributed by atoms with E-state index >= 15 is 0 Å². The molecular weight excluding hydrogens is 164 g/mol. The van der Waals surface area contributed by atoms with E-state index in [1.165, 1.54) is 0 Å². The van der Waals surface area contributed by atoms with Crippen molar-refractivity contribution in [2.75, 3.05) is 0 Å². The van der Waals surface area contributed by atoms with Crippen LogP contribution in [0.2, 0.25) is 0 Å². The molecule has 0 aliphatic rings. The maximum atomic E-state index is 10.7. The largest absolute Gasteiger partial charge is 0.364 e. The van der Waals surface area contributed by atoms with Crippen molar-refractivity contribution in [3.8, 4) is 0 Å². The average molecular weight is 177 g/mol. The van der Waals surface area contributed by atoms with Crippen LogP contribution in [-0.4, -0.2) is 5.91 Å². The molecule has 1 heterocycles. The molecule has 0 spiro atoms. The minimum absolute atomic E-state index is 0.216. The van der Waals surface area contributed by atoms with Crippen LogP contribution >= 0.6 is 0 Å². The van der Waals surface area contributed by atoms with Gasteiger partial charge in [-0.3, -0.25) is 4.79 Å². The van der Waals surface area contributed by atoms with Crippen LogP contribution < -0.4 is 10.3 Å². The Bertz CT molecular complexity index is 345. The molecule has 3 nitrogen and oxygen atoms in total. The van der Waals surface area contributed by atoms with Crippen LogP contribution in [0.25, 0.3) is 6.08 Å². The van der Waals surface area contributed by atoms with E-state index in [0.717, 1.165) is 11.3 Å². The minimum atomic E-state index is -0.339. The van der Waals surface area contributed by atoms with Crippen molar-refractivity contribution < 1.29 is 9.36 Å². The topological polar surface area (TPSA) is 47.0 Å². The Morgan fingerprint density at radius 3 is 2.92 bits per heavy atom. The van der Waals surface area contributed by atoms with Gasteiger partial charge in [0.1, 0.15) is 0 Å². The molecule has 1 aromatic rings. The number of rotatable bonds is 3. The predicted octanol–water partition coefficient (Wildman–Crippen LogP) is 0.411. The fraction of sp³-hybridized carbons (Fsp3) is 0.200. The average Bonchev–Trinajstić information content (AvgIpc) is 2.08. The van der Waals surface area contributed by atoms with E-state index in [1.807, 2.05) is 25.3 Å². The number of nitrogens with two attached hydrogens (primary N) is 1. The molecule has 0 fully saturated rings. The molecule has 1 amide bonds. The van der Waals surface area contributed by atoms with Crippen molar-refractivity contribution in [2.45, 2.75) is 13.5 Å². The van der Waals surface area contributed by atoms with Gasteiger partial charge in [-0.2, -0.15) is 4.57 Å². The van der Waals surface area contributed by atoms with Crippen LogP contribution in [0.4, 0.5) is 0 Å². The van der Waals surface area contributed by atoms with Crippen molar-refractivity contribution in [2.24, 2.45) is 5.73 Å². The SMILES string of the molecule is C=Cc1ccc(C)[n+](CC(N)=O)c1. The van der Waals surface area contributed by atoms with E-state index < -0.39 is 0 Å². The van der Waals surface area contributed by atoms with E-state index in [1.54, 1.807) is 10.6 Å². The number of aryl methyl sites for hydroxylation is 1. The molecule has 0 unspecified atom stereocenters. The molecule has 0 aliphatic heterocycles. The number of hydrogen-bond donors (Lipinski definition) is 1. The second kappa shape index (κ2) is 3.85. The zero-order valence-electron chi connectivity index (χ0n) is 7.66. The zero-order chi connectivity index (χ0) is 9.84. The third-order valence-electron chi connectivity index (χ3n) is 1.84. The van der Waals surface area contributed by atoms with Crippen molar-refractivity contribution in [3.05, 3.63) is 36.2 Å². The van der Waals surface area contributed by atoms with Crippen LogP contribution in [0, 0.1) is 6.92 Å². The molecule has 13 heavy (non-hydrogen) atoms. The highest BCUT2D eigenvalue weighted by molar-refractivity contribution is 5.72. The number of primary amides is 1. The molecule has 0 radical (unpaired) electrons. The van der Waals surface area contributed by atoms with Gasteiger partial charge >= 0.3 is 0 Å². The number of aromatic nitrogens is 1. The molecule has 2 N–H and O–H groups in total. The summed E-state index contributed by atoms with van der Waals surface area (Å²) >= 11 is 0. The Morgan fingerprint density at radius 2 is 2.38 bits per heavy atom. The molecule has 0 saturated carbocycles. The van der Waals surface area contributed by atoms with Crippen LogP contribution in [0.3, 0.4) is 0 Å². The first kappa shape index (κ1) is 9.45. The summed E-state index contributed by atoms with van der Waals surface area (Å²) in [6.45, 7) is 5.79. The lowest BCUT2D eigenvalue weighted by atomic mass is 10.2. The van der Waals surface area contributed by atoms with Crippen LogP contribution in [0.15, 0.2) is 24.9 Å². The maximum absolute atomic E-state index is 10.7. The van der Waals surface area contributed by atoms with E-state index in [9.17, 15) is 4.79 Å². The van der Waals surface area contributed by atoms with Crippen molar-refractivity contribution in [1.29, 1.82) is 0 Å². The smallest absolute Gasteiger partial charge is 0.283 e. The van der Waals surface area contributed by atoms with E-state index in [2.05, 4.69) is 6.58 Å². The van der Waals surface area contributed by atoms with Crippen LogP contribution in [-0.2, 0) is 11.3 Å². The second-order valence-electron chi connectivity index (χ2n) is 2.90. The molecule has 0 saturated heterocycles. The highest BCUT2D eigenvalue weighted by atomic mass is 16.1. The molecule has 1 rings (SSSR count). The number of pyridine rings is 1. The summed E-state index contributed by atoms with van der Waals surface area (Å²) in [6, 6.07) is 3.87. The molecule has 3 heteroatoms. The summed E-state index contributed by atoms with van der Waals surface area (Å²) in [5.41, 5.74) is 7.08. The Balaban J connectivity index is 3.03. The van der Waals surface area contributed by atoms with Gasteiger partial charge in [0.25, 0.3) is 5.91 Å². The monoisotopic (exact) mass is 177 g/mol.